The third kappa shape index (κ3) is 2.11. The molecule has 2 fully saturated rings. The Kier molecular flexibility index (Phi) is 2.81. The van der Waals surface area contributed by atoms with Crippen molar-refractivity contribution in [1.29, 1.82) is 0 Å². The number of likely N-dealkylation sites (tertiary alicyclic amines) is 1. The molecule has 4 heteroatoms. The molecule has 2 atom stereocenters. The largest absolute Gasteiger partial charge is 0.481 e. The number of aliphatic carboxylic acids is 1. The molecule has 1 N–H and O–H groups in total. The Morgan fingerprint density at radius 1 is 1.21 bits per heavy atom. The molecule has 3 rings (SSSR count). The van der Waals surface area contributed by atoms with Gasteiger partial charge >= 0.3 is 5.97 Å². The molecule has 2 aliphatic rings. The van der Waals surface area contributed by atoms with Gasteiger partial charge in [0.25, 0.3) is 0 Å². The van der Waals surface area contributed by atoms with Crippen LogP contribution in [0, 0.1) is 5.92 Å². The van der Waals surface area contributed by atoms with E-state index >= 15 is 0 Å². The molecule has 19 heavy (non-hydrogen) atoms. The lowest BCUT2D eigenvalue weighted by Crippen LogP contribution is -2.26. The number of nitrogens with zero attached hydrogens (tertiary/aromatic N) is 1. The Hall–Kier alpha value is -1.84. The molecule has 1 aliphatic carbocycles. The second-order valence-corrected chi connectivity index (χ2v) is 5.54. The van der Waals surface area contributed by atoms with Crippen LogP contribution in [0.3, 0.4) is 0 Å². The molecule has 1 aromatic carbocycles. The highest BCUT2D eigenvalue weighted by molar-refractivity contribution is 5.87. The van der Waals surface area contributed by atoms with Crippen LogP contribution in [0.2, 0.25) is 0 Å². The lowest BCUT2D eigenvalue weighted by atomic mass is 9.93. The van der Waals surface area contributed by atoms with Crippen molar-refractivity contribution < 1.29 is 14.7 Å². The van der Waals surface area contributed by atoms with Gasteiger partial charge in [-0.05, 0) is 29.9 Å². The van der Waals surface area contributed by atoms with E-state index in [4.69, 9.17) is 0 Å². The second kappa shape index (κ2) is 4.37. The lowest BCUT2D eigenvalue weighted by Gasteiger charge is -2.23. The molecule has 0 spiro atoms. The van der Waals surface area contributed by atoms with Crippen LogP contribution in [-0.2, 0) is 9.59 Å². The van der Waals surface area contributed by atoms with Crippen LogP contribution < -0.4 is 0 Å². The summed E-state index contributed by atoms with van der Waals surface area (Å²) in [5, 5.41) is 9.25. The first-order valence-corrected chi connectivity index (χ1v) is 6.66. The minimum atomic E-state index is -0.894. The lowest BCUT2D eigenvalue weighted by molar-refractivity contribution is -0.142. The predicted octanol–water partition coefficient (Wildman–Crippen LogP) is 2.17. The highest BCUT2D eigenvalue weighted by Gasteiger charge is 2.42. The van der Waals surface area contributed by atoms with Gasteiger partial charge in [0.1, 0.15) is 0 Å². The van der Waals surface area contributed by atoms with E-state index in [1.54, 1.807) is 11.9 Å². The first-order chi connectivity index (χ1) is 9.08. The summed E-state index contributed by atoms with van der Waals surface area (Å²) in [6.45, 7) is 0. The minimum absolute atomic E-state index is 0.0938. The molecule has 0 bridgehead atoms. The number of hydrogen-bond donors (Lipinski definition) is 1. The molecule has 1 heterocycles. The first kappa shape index (κ1) is 12.2. The molecule has 1 saturated carbocycles. The first-order valence-electron chi connectivity index (χ1n) is 6.66. The predicted molar refractivity (Wildman–Crippen MR) is 69.7 cm³/mol. The van der Waals surface area contributed by atoms with E-state index in [0.717, 1.165) is 5.56 Å². The molecule has 1 saturated heterocycles. The van der Waals surface area contributed by atoms with Crippen molar-refractivity contribution >= 4 is 11.9 Å². The molecule has 1 aromatic rings. The highest BCUT2D eigenvalue weighted by atomic mass is 16.4. The molecule has 1 aliphatic heterocycles. The van der Waals surface area contributed by atoms with E-state index in [0.29, 0.717) is 5.92 Å². The van der Waals surface area contributed by atoms with Gasteiger partial charge in [-0.1, -0.05) is 24.3 Å². The Balaban J connectivity index is 1.89. The average molecular weight is 259 g/mol. The maximum Gasteiger partial charge on any atom is 0.309 e. The smallest absolute Gasteiger partial charge is 0.309 e. The van der Waals surface area contributed by atoms with Crippen LogP contribution in [-0.4, -0.2) is 28.9 Å². The minimum Gasteiger partial charge on any atom is -0.481 e. The number of carbonyl (C=O) groups excluding carboxylic acids is 1. The summed E-state index contributed by atoms with van der Waals surface area (Å²) < 4.78 is 0. The summed E-state index contributed by atoms with van der Waals surface area (Å²) >= 11 is 0. The number of carboxylic acid groups (broad SMARTS) is 1. The van der Waals surface area contributed by atoms with Gasteiger partial charge < -0.3 is 10.0 Å². The molecule has 0 radical (unpaired) electrons. The SMILES string of the molecule is CN1C(=O)CC(C(=O)O)C1c1ccc(C2CC2)cc1. The van der Waals surface area contributed by atoms with Crippen LogP contribution in [0.15, 0.2) is 24.3 Å². The van der Waals surface area contributed by atoms with E-state index in [9.17, 15) is 14.7 Å². The van der Waals surface area contributed by atoms with E-state index in [2.05, 4.69) is 12.1 Å². The summed E-state index contributed by atoms with van der Waals surface area (Å²) in [6.07, 6.45) is 2.60. The number of amides is 1. The highest BCUT2D eigenvalue weighted by Crippen LogP contribution is 2.42. The van der Waals surface area contributed by atoms with Crippen LogP contribution in [0.5, 0.6) is 0 Å². The van der Waals surface area contributed by atoms with Crippen LogP contribution in [0.1, 0.15) is 42.3 Å². The fourth-order valence-electron chi connectivity index (χ4n) is 2.93. The molecular weight excluding hydrogens is 242 g/mol. The van der Waals surface area contributed by atoms with Crippen molar-refractivity contribution in [3.63, 3.8) is 0 Å². The molecule has 4 nitrogen and oxygen atoms in total. The van der Waals surface area contributed by atoms with Crippen molar-refractivity contribution in [3.8, 4) is 0 Å². The third-order valence-corrected chi connectivity index (χ3v) is 4.23. The Morgan fingerprint density at radius 3 is 2.32 bits per heavy atom. The molecule has 100 valence electrons. The summed E-state index contributed by atoms with van der Waals surface area (Å²) in [6, 6.07) is 7.76. The van der Waals surface area contributed by atoms with Crippen LogP contribution in [0.4, 0.5) is 0 Å². The zero-order valence-corrected chi connectivity index (χ0v) is 10.9. The molecule has 1 amide bonds. The van der Waals surface area contributed by atoms with Gasteiger partial charge in [0.05, 0.1) is 12.0 Å². The average Bonchev–Trinajstić information content (AvgIpc) is 3.18. The number of carbonyl (C=O) groups is 2. The fraction of sp³-hybridized carbons (Fsp3) is 0.467. The third-order valence-electron chi connectivity index (χ3n) is 4.23. The number of rotatable bonds is 3. The maximum absolute atomic E-state index is 11.7. The second-order valence-electron chi connectivity index (χ2n) is 5.54. The molecule has 0 aromatic heterocycles. The number of hydrogen-bond acceptors (Lipinski definition) is 2. The summed E-state index contributed by atoms with van der Waals surface area (Å²) in [7, 11) is 1.69. The van der Waals surface area contributed by atoms with Gasteiger partial charge in [-0.2, -0.15) is 0 Å². The maximum atomic E-state index is 11.7. The Bertz CT molecular complexity index is 519. The summed E-state index contributed by atoms with van der Waals surface area (Å²) in [5.74, 6) is -0.936. The van der Waals surface area contributed by atoms with Crippen molar-refractivity contribution in [2.24, 2.45) is 5.92 Å². The van der Waals surface area contributed by atoms with Gasteiger partial charge in [0, 0.05) is 13.5 Å². The van der Waals surface area contributed by atoms with Crippen molar-refractivity contribution in [3.05, 3.63) is 35.4 Å². The Labute approximate surface area is 112 Å². The van der Waals surface area contributed by atoms with Gasteiger partial charge in [-0.25, -0.2) is 0 Å². The molecule has 2 unspecified atom stereocenters. The number of carboxylic acids is 1. The zero-order valence-electron chi connectivity index (χ0n) is 10.9. The van der Waals surface area contributed by atoms with Gasteiger partial charge in [0.2, 0.25) is 5.91 Å². The summed E-state index contributed by atoms with van der Waals surface area (Å²) in [5.41, 5.74) is 2.24. The normalized spacial score (nSPS) is 26.8. The van der Waals surface area contributed by atoms with Crippen LogP contribution >= 0.6 is 0 Å². The van der Waals surface area contributed by atoms with Crippen molar-refractivity contribution in [2.45, 2.75) is 31.2 Å². The van der Waals surface area contributed by atoms with E-state index in [-0.39, 0.29) is 18.4 Å². The summed E-state index contributed by atoms with van der Waals surface area (Å²) in [4.78, 5) is 24.6. The Morgan fingerprint density at radius 2 is 1.79 bits per heavy atom. The van der Waals surface area contributed by atoms with Gasteiger partial charge in [-0.15, -0.1) is 0 Å². The fourth-order valence-corrected chi connectivity index (χ4v) is 2.93. The van der Waals surface area contributed by atoms with E-state index in [1.807, 2.05) is 12.1 Å². The van der Waals surface area contributed by atoms with E-state index in [1.165, 1.54) is 18.4 Å². The quantitative estimate of drug-likeness (QED) is 0.905. The van der Waals surface area contributed by atoms with E-state index < -0.39 is 11.9 Å². The van der Waals surface area contributed by atoms with Crippen molar-refractivity contribution in [2.75, 3.05) is 7.05 Å². The van der Waals surface area contributed by atoms with Gasteiger partial charge in [0.15, 0.2) is 0 Å². The van der Waals surface area contributed by atoms with Gasteiger partial charge in [-0.3, -0.25) is 9.59 Å². The standard InChI is InChI=1S/C15H17NO3/c1-16-13(17)8-12(15(18)19)14(16)11-6-4-10(5-7-11)9-2-3-9/h4-7,9,12,14H,2-3,8H2,1H3,(H,18,19). The number of benzene rings is 1. The van der Waals surface area contributed by atoms with Crippen molar-refractivity contribution in [1.82, 2.24) is 4.90 Å². The zero-order chi connectivity index (χ0) is 13.6. The molecular formula is C15H17NO3. The van der Waals surface area contributed by atoms with Crippen LogP contribution in [0.25, 0.3) is 0 Å². The topological polar surface area (TPSA) is 57.6 Å². The monoisotopic (exact) mass is 259 g/mol.